The molecule has 0 amide bonds. The molecule has 0 N–H and O–H groups in total. The summed E-state index contributed by atoms with van der Waals surface area (Å²) in [5, 5.41) is 4.62. The first-order valence-electron chi connectivity index (χ1n) is 7.94. The molecule has 0 radical (unpaired) electrons. The number of hydrogen-bond acceptors (Lipinski definition) is 3. The normalized spacial score (nSPS) is 25.9. The van der Waals surface area contributed by atoms with Crippen molar-refractivity contribution in [3.05, 3.63) is 41.6 Å². The van der Waals surface area contributed by atoms with E-state index in [2.05, 4.69) is 54.1 Å². The third-order valence-electron chi connectivity index (χ3n) is 4.71. The molecule has 3 heteroatoms. The number of piperidine rings is 1. The lowest BCUT2D eigenvalue weighted by Crippen LogP contribution is -2.49. The van der Waals surface area contributed by atoms with Crippen molar-refractivity contribution in [3.8, 4) is 0 Å². The molecule has 0 aliphatic carbocycles. The van der Waals surface area contributed by atoms with Crippen LogP contribution in [-0.4, -0.2) is 29.0 Å². The summed E-state index contributed by atoms with van der Waals surface area (Å²) in [7, 11) is 0. The molecule has 0 saturated carbocycles. The van der Waals surface area contributed by atoms with Gasteiger partial charge in [-0.1, -0.05) is 44.2 Å². The number of rotatable bonds is 2. The number of carbonyl (C=O) groups excluding carboxylic acids is 1. The van der Waals surface area contributed by atoms with E-state index in [1.54, 1.807) is 0 Å². The van der Waals surface area contributed by atoms with Crippen molar-refractivity contribution >= 4 is 5.94 Å². The summed E-state index contributed by atoms with van der Waals surface area (Å²) in [5.74, 6) is 2.19. The van der Waals surface area contributed by atoms with E-state index in [9.17, 15) is 4.79 Å². The van der Waals surface area contributed by atoms with Crippen LogP contribution in [0.5, 0.6) is 0 Å². The topological polar surface area (TPSA) is 23.6 Å². The van der Waals surface area contributed by atoms with Crippen molar-refractivity contribution in [2.24, 2.45) is 5.41 Å². The van der Waals surface area contributed by atoms with Crippen LogP contribution in [0.1, 0.15) is 51.1 Å². The zero-order chi connectivity index (χ0) is 14.9. The Morgan fingerprint density at radius 3 is 2.67 bits per heavy atom. The first-order chi connectivity index (χ1) is 10.1. The van der Waals surface area contributed by atoms with Crippen molar-refractivity contribution in [2.45, 2.75) is 45.6 Å². The second-order valence-electron chi connectivity index (χ2n) is 7.01. The van der Waals surface area contributed by atoms with Gasteiger partial charge in [0.2, 0.25) is 0 Å². The molecule has 3 rings (SSSR count). The summed E-state index contributed by atoms with van der Waals surface area (Å²) in [4.78, 5) is 11.4. The smallest absolute Gasteiger partial charge is 0.147 e. The third kappa shape index (κ3) is 2.90. The van der Waals surface area contributed by atoms with Gasteiger partial charge in [-0.05, 0) is 30.2 Å². The van der Waals surface area contributed by atoms with Gasteiger partial charge in [-0.15, -0.1) is 0 Å². The standard InChI is InChI=1S/C18H24N2O/c1-18(2)11-6-12-19(14-18)20-16(13-21)9-10-17(20)15-7-4-3-5-8-15/h3-5,7-8,17H,6,9-12,14H2,1-2H3. The van der Waals surface area contributed by atoms with Crippen molar-refractivity contribution in [3.63, 3.8) is 0 Å². The van der Waals surface area contributed by atoms with Crippen LogP contribution in [0.4, 0.5) is 0 Å². The second kappa shape index (κ2) is 5.67. The highest BCUT2D eigenvalue weighted by molar-refractivity contribution is 5.53. The maximum absolute atomic E-state index is 11.4. The zero-order valence-corrected chi connectivity index (χ0v) is 13.0. The fourth-order valence-corrected chi connectivity index (χ4v) is 3.72. The van der Waals surface area contributed by atoms with E-state index in [1.165, 1.54) is 18.4 Å². The molecule has 21 heavy (non-hydrogen) atoms. The quantitative estimate of drug-likeness (QED) is 0.776. The summed E-state index contributed by atoms with van der Waals surface area (Å²) in [6, 6.07) is 10.8. The average Bonchev–Trinajstić information content (AvgIpc) is 2.91. The molecule has 0 spiro atoms. The number of benzene rings is 1. The van der Waals surface area contributed by atoms with Gasteiger partial charge in [0.1, 0.15) is 11.6 Å². The molecule has 1 aromatic carbocycles. The van der Waals surface area contributed by atoms with Crippen molar-refractivity contribution in [1.82, 2.24) is 10.0 Å². The SMILES string of the molecule is CC1(C)CCCN(N2C(=C=O)CCC2c2ccccc2)C1. The Morgan fingerprint density at radius 1 is 1.24 bits per heavy atom. The van der Waals surface area contributed by atoms with E-state index in [0.717, 1.165) is 31.6 Å². The van der Waals surface area contributed by atoms with Gasteiger partial charge in [0.05, 0.1) is 6.04 Å². The van der Waals surface area contributed by atoms with Crippen LogP contribution in [0, 0.1) is 5.41 Å². The minimum absolute atomic E-state index is 0.288. The van der Waals surface area contributed by atoms with E-state index in [1.807, 2.05) is 6.07 Å². The van der Waals surface area contributed by atoms with Crippen LogP contribution < -0.4 is 0 Å². The van der Waals surface area contributed by atoms with E-state index < -0.39 is 0 Å². The van der Waals surface area contributed by atoms with Crippen molar-refractivity contribution < 1.29 is 4.79 Å². The van der Waals surface area contributed by atoms with Crippen LogP contribution in [0.2, 0.25) is 0 Å². The molecule has 2 aliphatic heterocycles. The van der Waals surface area contributed by atoms with E-state index in [-0.39, 0.29) is 6.04 Å². The molecule has 2 saturated heterocycles. The van der Waals surface area contributed by atoms with Gasteiger partial charge in [-0.3, -0.25) is 5.01 Å². The molecule has 1 aromatic rings. The van der Waals surface area contributed by atoms with E-state index in [0.29, 0.717) is 5.41 Å². The Kier molecular flexibility index (Phi) is 3.88. The largest absolute Gasteiger partial charge is 0.292 e. The molecule has 0 aromatic heterocycles. The van der Waals surface area contributed by atoms with Gasteiger partial charge < -0.3 is 0 Å². The third-order valence-corrected chi connectivity index (χ3v) is 4.71. The fourth-order valence-electron chi connectivity index (χ4n) is 3.72. The van der Waals surface area contributed by atoms with Gasteiger partial charge in [0.25, 0.3) is 0 Å². The Hall–Kier alpha value is -1.57. The van der Waals surface area contributed by atoms with E-state index in [4.69, 9.17) is 0 Å². The van der Waals surface area contributed by atoms with Crippen LogP contribution in [-0.2, 0) is 4.79 Å². The average molecular weight is 284 g/mol. The first-order valence-corrected chi connectivity index (χ1v) is 7.94. The van der Waals surface area contributed by atoms with Crippen LogP contribution in [0.3, 0.4) is 0 Å². The highest BCUT2D eigenvalue weighted by Gasteiger charge is 2.38. The molecule has 2 aliphatic rings. The highest BCUT2D eigenvalue weighted by atomic mass is 16.1. The molecule has 0 bridgehead atoms. The maximum Gasteiger partial charge on any atom is 0.147 e. The monoisotopic (exact) mass is 284 g/mol. The Morgan fingerprint density at radius 2 is 2.00 bits per heavy atom. The molecule has 1 unspecified atom stereocenters. The summed E-state index contributed by atoms with van der Waals surface area (Å²) in [6.45, 7) is 6.69. The molecule has 2 fully saturated rings. The van der Waals surface area contributed by atoms with Gasteiger partial charge in [0.15, 0.2) is 0 Å². The van der Waals surface area contributed by atoms with E-state index >= 15 is 0 Å². The van der Waals surface area contributed by atoms with Crippen LogP contribution in [0.25, 0.3) is 0 Å². The summed E-state index contributed by atoms with van der Waals surface area (Å²) >= 11 is 0. The zero-order valence-electron chi connectivity index (χ0n) is 13.0. The molecule has 112 valence electrons. The molecule has 1 atom stereocenters. The lowest BCUT2D eigenvalue weighted by molar-refractivity contribution is -0.0622. The first kappa shape index (κ1) is 14.4. The molecular formula is C18H24N2O. The van der Waals surface area contributed by atoms with Gasteiger partial charge in [0, 0.05) is 19.5 Å². The lowest BCUT2D eigenvalue weighted by atomic mass is 9.85. The molecule has 2 heterocycles. The number of hydrazine groups is 1. The fraction of sp³-hybridized carbons (Fsp3) is 0.556. The minimum atomic E-state index is 0.288. The van der Waals surface area contributed by atoms with Crippen molar-refractivity contribution in [1.29, 1.82) is 0 Å². The Labute approximate surface area is 127 Å². The van der Waals surface area contributed by atoms with Crippen LogP contribution in [0.15, 0.2) is 36.0 Å². The van der Waals surface area contributed by atoms with Gasteiger partial charge in [-0.2, -0.15) is 0 Å². The Bertz CT molecular complexity index is 546. The molecule has 3 nitrogen and oxygen atoms in total. The summed E-state index contributed by atoms with van der Waals surface area (Å²) < 4.78 is 0. The molecular weight excluding hydrogens is 260 g/mol. The summed E-state index contributed by atoms with van der Waals surface area (Å²) in [5.41, 5.74) is 2.43. The van der Waals surface area contributed by atoms with Gasteiger partial charge >= 0.3 is 0 Å². The Balaban J connectivity index is 1.90. The maximum atomic E-state index is 11.4. The van der Waals surface area contributed by atoms with Gasteiger partial charge in [-0.25, -0.2) is 9.80 Å². The number of allylic oxidation sites excluding steroid dienone is 1. The highest BCUT2D eigenvalue weighted by Crippen LogP contribution is 2.41. The predicted octanol–water partition coefficient (Wildman–Crippen LogP) is 3.58. The van der Waals surface area contributed by atoms with Crippen molar-refractivity contribution in [2.75, 3.05) is 13.1 Å². The number of hydrogen-bond donors (Lipinski definition) is 0. The van der Waals surface area contributed by atoms with Crippen LogP contribution >= 0.6 is 0 Å². The predicted molar refractivity (Wildman–Crippen MR) is 84.1 cm³/mol. The minimum Gasteiger partial charge on any atom is -0.292 e. The second-order valence-corrected chi connectivity index (χ2v) is 7.01. The summed E-state index contributed by atoms with van der Waals surface area (Å²) in [6.07, 6.45) is 4.29. The lowest BCUT2D eigenvalue weighted by Gasteiger charge is -2.45. The number of nitrogens with zero attached hydrogens (tertiary/aromatic N) is 2.